The van der Waals surface area contributed by atoms with Crippen LogP contribution in [-0.4, -0.2) is 25.3 Å². The highest BCUT2D eigenvalue weighted by Crippen LogP contribution is 2.25. The van der Waals surface area contributed by atoms with Gasteiger partial charge in [0, 0.05) is 28.9 Å². The molecule has 5 heteroatoms. The number of hydrogen-bond donors (Lipinski definition) is 2. The van der Waals surface area contributed by atoms with Crippen LogP contribution in [0.2, 0.25) is 0 Å². The number of H-pyrrole nitrogens is 1. The van der Waals surface area contributed by atoms with E-state index in [1.54, 1.807) is 11.0 Å². The summed E-state index contributed by atoms with van der Waals surface area (Å²) in [6.45, 7) is 4.08. The minimum absolute atomic E-state index is 0.221. The molecule has 0 amide bonds. The number of hydrogen-bond acceptors (Lipinski definition) is 3. The molecule has 0 saturated carbocycles. The maximum Gasteiger partial charge on any atom is 0.138 e. The van der Waals surface area contributed by atoms with Crippen LogP contribution in [0, 0.1) is 0 Å². The smallest absolute Gasteiger partial charge is 0.138 e. The second-order valence-corrected chi connectivity index (χ2v) is 5.94. The second kappa shape index (κ2) is 5.18. The summed E-state index contributed by atoms with van der Waals surface area (Å²) in [6, 6.07) is 6.26. The number of aromatic amines is 1. The van der Waals surface area contributed by atoms with Crippen LogP contribution in [0.3, 0.4) is 0 Å². The third-order valence-corrected chi connectivity index (χ3v) is 3.32. The Bertz CT molecular complexity index is 760. The number of nitrogens with two attached hydrogens (primary N) is 1. The van der Waals surface area contributed by atoms with E-state index in [1.807, 2.05) is 32.3 Å². The molecule has 3 aromatic rings. The number of aromatic nitrogens is 4. The SMILES string of the molecule is CC(C)(N)Cc1c[nH]c2c(C=Cn3cncn3)cccc12. The van der Waals surface area contributed by atoms with Gasteiger partial charge in [-0.15, -0.1) is 0 Å². The van der Waals surface area contributed by atoms with Crippen LogP contribution < -0.4 is 5.73 Å². The molecule has 0 radical (unpaired) electrons. The normalized spacial score (nSPS) is 12.5. The predicted octanol–water partition coefficient (Wildman–Crippen LogP) is 2.67. The predicted molar refractivity (Wildman–Crippen MR) is 85.5 cm³/mol. The van der Waals surface area contributed by atoms with Gasteiger partial charge >= 0.3 is 0 Å². The first-order chi connectivity index (χ1) is 10.0. The van der Waals surface area contributed by atoms with E-state index in [9.17, 15) is 0 Å². The molecular weight excluding hydrogens is 262 g/mol. The van der Waals surface area contributed by atoms with Gasteiger partial charge in [-0.25, -0.2) is 9.67 Å². The summed E-state index contributed by atoms with van der Waals surface area (Å²) in [5.41, 5.74) is 9.39. The summed E-state index contributed by atoms with van der Waals surface area (Å²) in [5.74, 6) is 0. The lowest BCUT2D eigenvalue weighted by molar-refractivity contribution is 0.518. The average molecular weight is 281 g/mol. The molecule has 3 N–H and O–H groups in total. The van der Waals surface area contributed by atoms with Gasteiger partial charge in [-0.2, -0.15) is 5.10 Å². The Hall–Kier alpha value is -2.40. The first-order valence-corrected chi connectivity index (χ1v) is 6.93. The first-order valence-electron chi connectivity index (χ1n) is 6.93. The van der Waals surface area contributed by atoms with E-state index < -0.39 is 0 Å². The molecule has 2 heterocycles. The van der Waals surface area contributed by atoms with Gasteiger partial charge in [0.05, 0.1) is 5.52 Å². The van der Waals surface area contributed by atoms with Crippen molar-refractivity contribution in [3.63, 3.8) is 0 Å². The van der Waals surface area contributed by atoms with E-state index in [1.165, 1.54) is 17.3 Å². The number of fused-ring (bicyclic) bond motifs is 1. The molecule has 0 aliphatic carbocycles. The van der Waals surface area contributed by atoms with Crippen LogP contribution >= 0.6 is 0 Å². The topological polar surface area (TPSA) is 72.5 Å². The third-order valence-electron chi connectivity index (χ3n) is 3.32. The van der Waals surface area contributed by atoms with Gasteiger partial charge in [0.2, 0.25) is 0 Å². The molecule has 0 aliphatic rings. The molecule has 0 atom stereocenters. The van der Waals surface area contributed by atoms with Gasteiger partial charge in [-0.3, -0.25) is 0 Å². The number of rotatable bonds is 4. The van der Waals surface area contributed by atoms with Crippen LogP contribution in [0.4, 0.5) is 0 Å². The van der Waals surface area contributed by atoms with Crippen molar-refractivity contribution < 1.29 is 0 Å². The maximum atomic E-state index is 6.13. The second-order valence-electron chi connectivity index (χ2n) is 5.94. The lowest BCUT2D eigenvalue weighted by Crippen LogP contribution is -2.34. The number of benzene rings is 1. The Labute approximate surface area is 123 Å². The molecular formula is C16H19N5. The van der Waals surface area contributed by atoms with Crippen LogP contribution in [-0.2, 0) is 6.42 Å². The summed E-state index contributed by atoms with van der Waals surface area (Å²) in [6.07, 6.45) is 9.96. The zero-order valence-electron chi connectivity index (χ0n) is 12.2. The fraction of sp³-hybridized carbons (Fsp3) is 0.250. The van der Waals surface area contributed by atoms with E-state index >= 15 is 0 Å². The summed E-state index contributed by atoms with van der Waals surface area (Å²) < 4.78 is 1.67. The minimum Gasteiger partial charge on any atom is -0.360 e. The maximum absolute atomic E-state index is 6.13. The molecule has 0 bridgehead atoms. The molecule has 0 aliphatic heterocycles. The lowest BCUT2D eigenvalue weighted by Gasteiger charge is -2.17. The summed E-state index contributed by atoms with van der Waals surface area (Å²) >= 11 is 0. The zero-order chi connectivity index (χ0) is 14.9. The molecule has 1 aromatic carbocycles. The van der Waals surface area contributed by atoms with Gasteiger partial charge < -0.3 is 10.7 Å². The number of nitrogens with zero attached hydrogens (tertiary/aromatic N) is 3. The standard InChI is InChI=1S/C16H19N5/c1-16(2,17)8-13-9-19-15-12(4-3-5-14(13)15)6-7-21-11-18-10-20-21/h3-7,9-11,19H,8,17H2,1-2H3. The van der Waals surface area contributed by atoms with Crippen LogP contribution in [0.25, 0.3) is 23.2 Å². The Kier molecular flexibility index (Phi) is 3.35. The van der Waals surface area contributed by atoms with Gasteiger partial charge in [-0.05, 0) is 31.9 Å². The molecule has 0 fully saturated rings. The fourth-order valence-corrected chi connectivity index (χ4v) is 2.46. The highest BCUT2D eigenvalue weighted by Gasteiger charge is 2.15. The van der Waals surface area contributed by atoms with Crippen molar-refractivity contribution in [1.29, 1.82) is 0 Å². The van der Waals surface area contributed by atoms with Crippen LogP contribution in [0.5, 0.6) is 0 Å². The van der Waals surface area contributed by atoms with Crippen molar-refractivity contribution in [1.82, 2.24) is 19.7 Å². The van der Waals surface area contributed by atoms with Crippen LogP contribution in [0.1, 0.15) is 25.0 Å². The van der Waals surface area contributed by atoms with Crippen molar-refractivity contribution in [3.05, 3.63) is 48.2 Å². The van der Waals surface area contributed by atoms with Gasteiger partial charge in [-0.1, -0.05) is 18.2 Å². The third kappa shape index (κ3) is 3.03. The molecule has 21 heavy (non-hydrogen) atoms. The highest BCUT2D eigenvalue weighted by molar-refractivity contribution is 5.91. The van der Waals surface area contributed by atoms with E-state index in [2.05, 4.69) is 33.3 Å². The molecule has 0 spiro atoms. The Morgan fingerprint density at radius 1 is 1.38 bits per heavy atom. The molecule has 2 aromatic heterocycles. The molecule has 3 rings (SSSR count). The Morgan fingerprint density at radius 3 is 2.95 bits per heavy atom. The summed E-state index contributed by atoms with van der Waals surface area (Å²) in [5, 5.41) is 5.27. The highest BCUT2D eigenvalue weighted by atomic mass is 15.3. The van der Waals surface area contributed by atoms with Gasteiger partial charge in [0.25, 0.3) is 0 Å². The van der Waals surface area contributed by atoms with Gasteiger partial charge in [0.1, 0.15) is 12.7 Å². The number of nitrogens with one attached hydrogen (secondary N) is 1. The Balaban J connectivity index is 1.98. The van der Waals surface area contributed by atoms with Crippen molar-refractivity contribution in [3.8, 4) is 0 Å². The largest absolute Gasteiger partial charge is 0.360 e. The fourth-order valence-electron chi connectivity index (χ4n) is 2.46. The summed E-state index contributed by atoms with van der Waals surface area (Å²) in [7, 11) is 0. The lowest BCUT2D eigenvalue weighted by atomic mass is 9.95. The van der Waals surface area contributed by atoms with E-state index in [4.69, 9.17) is 5.73 Å². The minimum atomic E-state index is -0.221. The van der Waals surface area contributed by atoms with Crippen molar-refractivity contribution in [2.24, 2.45) is 5.73 Å². The van der Waals surface area contributed by atoms with E-state index in [0.717, 1.165) is 17.5 Å². The first kappa shape index (κ1) is 13.6. The Morgan fingerprint density at radius 2 is 2.24 bits per heavy atom. The van der Waals surface area contributed by atoms with Gasteiger partial charge in [0.15, 0.2) is 0 Å². The van der Waals surface area contributed by atoms with Crippen LogP contribution in [0.15, 0.2) is 37.1 Å². The van der Waals surface area contributed by atoms with E-state index in [-0.39, 0.29) is 5.54 Å². The molecule has 0 saturated heterocycles. The molecule has 0 unspecified atom stereocenters. The van der Waals surface area contributed by atoms with Crippen molar-refractivity contribution in [2.75, 3.05) is 0 Å². The average Bonchev–Trinajstić information content (AvgIpc) is 3.05. The molecule has 108 valence electrons. The zero-order valence-corrected chi connectivity index (χ0v) is 12.2. The van der Waals surface area contributed by atoms with E-state index in [0.29, 0.717) is 0 Å². The van der Waals surface area contributed by atoms with Crippen molar-refractivity contribution >= 4 is 23.2 Å². The monoisotopic (exact) mass is 281 g/mol. The van der Waals surface area contributed by atoms with Crippen molar-refractivity contribution in [2.45, 2.75) is 25.8 Å². The molecule has 5 nitrogen and oxygen atoms in total. The number of para-hydroxylation sites is 1. The quantitative estimate of drug-likeness (QED) is 0.772. The summed E-state index contributed by atoms with van der Waals surface area (Å²) in [4.78, 5) is 7.28.